The van der Waals surface area contributed by atoms with Gasteiger partial charge in [0.1, 0.15) is 5.82 Å². The molecule has 6 nitrogen and oxygen atoms in total. The summed E-state index contributed by atoms with van der Waals surface area (Å²) in [7, 11) is -0.984. The molecule has 2 rings (SSSR count). The fourth-order valence-corrected chi connectivity index (χ4v) is 2.61. The number of hydrogen-bond donors (Lipinski definition) is 1. The third-order valence-corrected chi connectivity index (χ3v) is 3.57. The first-order valence-electron chi connectivity index (χ1n) is 5.62. The molecule has 0 aliphatic heterocycles. The van der Waals surface area contributed by atoms with E-state index in [1.807, 2.05) is 6.92 Å². The third-order valence-electron chi connectivity index (χ3n) is 2.62. The molecule has 0 fully saturated rings. The highest BCUT2D eigenvalue weighted by molar-refractivity contribution is 7.84. The molecule has 2 atom stereocenters. The van der Waals surface area contributed by atoms with Gasteiger partial charge >= 0.3 is 0 Å². The van der Waals surface area contributed by atoms with Crippen LogP contribution < -0.4 is 5.73 Å². The molecule has 0 saturated carbocycles. The van der Waals surface area contributed by atoms with E-state index in [0.717, 1.165) is 0 Å². The second-order valence-corrected chi connectivity index (χ2v) is 5.75. The maximum atomic E-state index is 13.9. The quantitative estimate of drug-likeness (QED) is 0.846. The molecule has 0 radical (unpaired) electrons. The summed E-state index contributed by atoms with van der Waals surface area (Å²) in [6.45, 7) is 1.83. The number of benzene rings is 1. The smallest absolute Gasteiger partial charge is 0.185 e. The van der Waals surface area contributed by atoms with Crippen molar-refractivity contribution in [1.29, 1.82) is 0 Å². The molecular formula is C11H14FN5OS. The lowest BCUT2D eigenvalue weighted by molar-refractivity contribution is 0.519. The Hall–Kier alpha value is -1.83. The zero-order chi connectivity index (χ0) is 14.0. The molecule has 0 amide bonds. The van der Waals surface area contributed by atoms with Crippen LogP contribution in [0.25, 0.3) is 11.4 Å². The molecule has 19 heavy (non-hydrogen) atoms. The van der Waals surface area contributed by atoms with Crippen molar-refractivity contribution in [1.82, 2.24) is 20.2 Å². The second kappa shape index (κ2) is 5.43. The van der Waals surface area contributed by atoms with E-state index >= 15 is 0 Å². The van der Waals surface area contributed by atoms with E-state index in [2.05, 4.69) is 15.5 Å². The lowest BCUT2D eigenvalue weighted by Gasteiger charge is -2.12. The zero-order valence-corrected chi connectivity index (χ0v) is 11.4. The van der Waals surface area contributed by atoms with Crippen LogP contribution in [-0.2, 0) is 10.8 Å². The van der Waals surface area contributed by atoms with Crippen LogP contribution in [0.3, 0.4) is 0 Å². The van der Waals surface area contributed by atoms with Gasteiger partial charge in [-0.3, -0.25) is 4.21 Å². The van der Waals surface area contributed by atoms with E-state index < -0.39 is 16.6 Å². The van der Waals surface area contributed by atoms with Gasteiger partial charge in [-0.05, 0) is 35.5 Å². The van der Waals surface area contributed by atoms with Crippen LogP contribution in [0, 0.1) is 5.82 Å². The number of anilines is 1. The summed E-state index contributed by atoms with van der Waals surface area (Å²) >= 11 is 0. The van der Waals surface area contributed by atoms with Gasteiger partial charge in [-0.1, -0.05) is 0 Å². The van der Waals surface area contributed by atoms with Crippen LogP contribution in [0.2, 0.25) is 0 Å². The Kier molecular flexibility index (Phi) is 3.89. The summed E-state index contributed by atoms with van der Waals surface area (Å²) < 4.78 is 26.6. The minimum absolute atomic E-state index is 0.187. The Bertz CT molecular complexity index is 615. The lowest BCUT2D eigenvalue weighted by Crippen LogP contribution is -2.15. The first-order valence-corrected chi connectivity index (χ1v) is 7.35. The number of tetrazole rings is 1. The molecule has 0 spiro atoms. The number of nitrogen functional groups attached to an aromatic ring is 1. The van der Waals surface area contributed by atoms with Crippen LogP contribution in [0.15, 0.2) is 18.2 Å². The van der Waals surface area contributed by atoms with Gasteiger partial charge < -0.3 is 5.73 Å². The van der Waals surface area contributed by atoms with E-state index in [9.17, 15) is 8.60 Å². The zero-order valence-electron chi connectivity index (χ0n) is 10.6. The average Bonchev–Trinajstić information content (AvgIpc) is 2.76. The fraction of sp³-hybridized carbons (Fsp3) is 0.364. The topological polar surface area (TPSA) is 86.7 Å². The number of rotatable bonds is 4. The molecule has 2 unspecified atom stereocenters. The molecule has 0 aliphatic carbocycles. The minimum atomic E-state index is -0.984. The van der Waals surface area contributed by atoms with Gasteiger partial charge in [-0.15, -0.1) is 5.10 Å². The highest BCUT2D eigenvalue weighted by Gasteiger charge is 2.18. The monoisotopic (exact) mass is 283 g/mol. The molecule has 0 aliphatic rings. The normalized spacial score (nSPS) is 14.3. The SMILES string of the molecule is CC(CS(C)=O)n1nnnc1-c1ccc(N)cc1F. The summed E-state index contributed by atoms with van der Waals surface area (Å²) in [5, 5.41) is 11.2. The van der Waals surface area contributed by atoms with Crippen LogP contribution in [0.1, 0.15) is 13.0 Å². The molecule has 8 heteroatoms. The molecule has 1 aromatic heterocycles. The number of nitrogens with zero attached hydrogens (tertiary/aromatic N) is 4. The van der Waals surface area contributed by atoms with E-state index in [-0.39, 0.29) is 11.6 Å². The Labute approximate surface area is 112 Å². The molecule has 2 N–H and O–H groups in total. The van der Waals surface area contributed by atoms with Gasteiger partial charge in [0.2, 0.25) is 0 Å². The highest BCUT2D eigenvalue weighted by Crippen LogP contribution is 2.24. The predicted octanol–water partition coefficient (Wildman–Crippen LogP) is 1.00. The fourth-order valence-electron chi connectivity index (χ4n) is 1.79. The van der Waals surface area contributed by atoms with Crippen molar-refractivity contribution in [3.8, 4) is 11.4 Å². The molecule has 1 heterocycles. The first kappa shape index (κ1) is 13.6. The van der Waals surface area contributed by atoms with Crippen molar-refractivity contribution in [2.45, 2.75) is 13.0 Å². The predicted molar refractivity (Wildman–Crippen MR) is 71.3 cm³/mol. The summed E-state index contributed by atoms with van der Waals surface area (Å²) in [6.07, 6.45) is 1.60. The average molecular weight is 283 g/mol. The Morgan fingerprint density at radius 2 is 2.26 bits per heavy atom. The Morgan fingerprint density at radius 3 is 2.89 bits per heavy atom. The number of aromatic nitrogens is 4. The second-order valence-electron chi connectivity index (χ2n) is 4.28. The number of halogens is 1. The van der Waals surface area contributed by atoms with Gasteiger partial charge in [0, 0.05) is 28.5 Å². The van der Waals surface area contributed by atoms with Crippen molar-refractivity contribution in [3.63, 3.8) is 0 Å². The van der Waals surface area contributed by atoms with Crippen molar-refractivity contribution in [3.05, 3.63) is 24.0 Å². The van der Waals surface area contributed by atoms with E-state index in [1.165, 1.54) is 16.8 Å². The van der Waals surface area contributed by atoms with Gasteiger partial charge in [-0.2, -0.15) is 0 Å². The number of nitrogens with two attached hydrogens (primary N) is 1. The van der Waals surface area contributed by atoms with Crippen molar-refractivity contribution < 1.29 is 8.60 Å². The Morgan fingerprint density at radius 1 is 1.53 bits per heavy atom. The molecule has 2 aromatic rings. The van der Waals surface area contributed by atoms with Crippen molar-refractivity contribution in [2.24, 2.45) is 0 Å². The summed E-state index contributed by atoms with van der Waals surface area (Å²) in [5.41, 5.74) is 6.11. The van der Waals surface area contributed by atoms with Gasteiger partial charge in [0.25, 0.3) is 0 Å². The molecule has 102 valence electrons. The van der Waals surface area contributed by atoms with Gasteiger partial charge in [-0.25, -0.2) is 9.07 Å². The Balaban J connectivity index is 2.41. The van der Waals surface area contributed by atoms with Gasteiger partial charge in [0.15, 0.2) is 5.82 Å². The largest absolute Gasteiger partial charge is 0.399 e. The van der Waals surface area contributed by atoms with Crippen LogP contribution in [0.5, 0.6) is 0 Å². The van der Waals surface area contributed by atoms with Crippen molar-refractivity contribution >= 4 is 16.5 Å². The van der Waals surface area contributed by atoms with Crippen molar-refractivity contribution in [2.75, 3.05) is 17.7 Å². The maximum absolute atomic E-state index is 13.9. The summed E-state index contributed by atoms with van der Waals surface area (Å²) in [4.78, 5) is 0. The van der Waals surface area contributed by atoms with Gasteiger partial charge in [0.05, 0.1) is 11.6 Å². The standard InChI is InChI=1S/C11H14FN5OS/c1-7(6-19(2)18)17-11(14-15-16-17)9-4-3-8(13)5-10(9)12/h3-5,7H,6,13H2,1-2H3. The first-order chi connectivity index (χ1) is 8.99. The highest BCUT2D eigenvalue weighted by atomic mass is 32.2. The molecule has 0 bridgehead atoms. The van der Waals surface area contributed by atoms with Crippen LogP contribution in [-0.4, -0.2) is 36.4 Å². The van der Waals surface area contributed by atoms with Crippen LogP contribution in [0.4, 0.5) is 10.1 Å². The molecular weight excluding hydrogens is 269 g/mol. The summed E-state index contributed by atoms with van der Waals surface area (Å²) in [6, 6.07) is 4.15. The lowest BCUT2D eigenvalue weighted by atomic mass is 10.1. The van der Waals surface area contributed by atoms with E-state index in [4.69, 9.17) is 5.73 Å². The minimum Gasteiger partial charge on any atom is -0.399 e. The van der Waals surface area contributed by atoms with Crippen LogP contribution >= 0.6 is 0 Å². The molecule has 1 aromatic carbocycles. The maximum Gasteiger partial charge on any atom is 0.185 e. The molecule has 0 saturated heterocycles. The third kappa shape index (κ3) is 2.95. The summed E-state index contributed by atoms with van der Waals surface area (Å²) in [5.74, 6) is 0.213. The van der Waals surface area contributed by atoms with E-state index in [1.54, 1.807) is 12.3 Å². The number of hydrogen-bond acceptors (Lipinski definition) is 5. The van der Waals surface area contributed by atoms with E-state index in [0.29, 0.717) is 17.3 Å².